The second-order valence-electron chi connectivity index (χ2n) is 9.15. The summed E-state index contributed by atoms with van der Waals surface area (Å²) in [6.45, 7) is 2.21. The Morgan fingerprint density at radius 1 is 0.833 bits per heavy atom. The van der Waals surface area contributed by atoms with Crippen LogP contribution in [0.25, 0.3) is 0 Å². The molecule has 3 aromatic rings. The van der Waals surface area contributed by atoms with E-state index in [0.29, 0.717) is 31.3 Å². The number of nitrogens with zero attached hydrogens (tertiary/aromatic N) is 2. The van der Waals surface area contributed by atoms with Gasteiger partial charge in [-0.05, 0) is 28.8 Å². The Morgan fingerprint density at radius 2 is 1.39 bits per heavy atom. The van der Waals surface area contributed by atoms with Crippen molar-refractivity contribution in [2.45, 2.75) is 11.8 Å². The van der Waals surface area contributed by atoms with Gasteiger partial charge in [0.25, 0.3) is 0 Å². The predicted octanol–water partition coefficient (Wildman–Crippen LogP) is 4.46. The van der Waals surface area contributed by atoms with Gasteiger partial charge in [0.2, 0.25) is 11.8 Å². The van der Waals surface area contributed by atoms with Crippen molar-refractivity contribution in [1.29, 1.82) is 0 Å². The van der Waals surface area contributed by atoms with Crippen molar-refractivity contribution in [3.05, 3.63) is 107 Å². The van der Waals surface area contributed by atoms with Crippen LogP contribution in [-0.4, -0.2) is 49.2 Å². The summed E-state index contributed by atoms with van der Waals surface area (Å²) in [6, 6.07) is 26.9. The van der Waals surface area contributed by atoms with Gasteiger partial charge >= 0.3 is 0 Å². The normalized spacial score (nSPS) is 23.8. The second kappa shape index (κ2) is 11.1. The van der Waals surface area contributed by atoms with Crippen LogP contribution in [0.5, 0.6) is 0 Å². The molecule has 1 heterocycles. The van der Waals surface area contributed by atoms with E-state index in [1.54, 1.807) is 18.3 Å². The summed E-state index contributed by atoms with van der Waals surface area (Å²) in [4.78, 5) is 29.3. The Morgan fingerprint density at radius 3 is 1.94 bits per heavy atom. The number of nitrogens with one attached hydrogen (secondary N) is 1. The Labute approximate surface area is 215 Å². The molecule has 2 aliphatic rings. The van der Waals surface area contributed by atoms with E-state index in [1.165, 1.54) is 0 Å². The SMILES string of the molecule is O=C(N/N=C/c1ccc(Cl)cc1)C1C(c2ccccc2)C(C(=O)N2CCOCC2)C1c1ccccc1. The van der Waals surface area contributed by atoms with Crippen molar-refractivity contribution in [3.63, 3.8) is 0 Å². The van der Waals surface area contributed by atoms with Gasteiger partial charge in [-0.15, -0.1) is 0 Å². The number of carbonyl (C=O) groups excluding carboxylic acids is 2. The van der Waals surface area contributed by atoms with Crippen LogP contribution >= 0.6 is 11.6 Å². The summed E-state index contributed by atoms with van der Waals surface area (Å²) in [6.07, 6.45) is 1.60. The molecule has 7 heteroatoms. The van der Waals surface area contributed by atoms with E-state index in [4.69, 9.17) is 16.3 Å². The summed E-state index contributed by atoms with van der Waals surface area (Å²) in [5.41, 5.74) is 5.53. The molecule has 2 fully saturated rings. The summed E-state index contributed by atoms with van der Waals surface area (Å²) >= 11 is 5.96. The lowest BCUT2D eigenvalue weighted by molar-refractivity contribution is -0.151. The molecule has 0 spiro atoms. The van der Waals surface area contributed by atoms with Crippen LogP contribution in [0, 0.1) is 11.8 Å². The first kappa shape index (κ1) is 24.2. The Bertz CT molecular complexity index is 1160. The van der Waals surface area contributed by atoms with Gasteiger partial charge in [0.05, 0.1) is 31.3 Å². The lowest BCUT2D eigenvalue weighted by atomic mass is 9.51. The Balaban J connectivity index is 1.46. The number of carbonyl (C=O) groups is 2. The zero-order valence-corrected chi connectivity index (χ0v) is 20.6. The van der Waals surface area contributed by atoms with E-state index in [0.717, 1.165) is 16.7 Å². The fourth-order valence-corrected chi connectivity index (χ4v) is 5.48. The van der Waals surface area contributed by atoms with Crippen LogP contribution in [0.4, 0.5) is 0 Å². The monoisotopic (exact) mass is 501 g/mol. The average molecular weight is 502 g/mol. The summed E-state index contributed by atoms with van der Waals surface area (Å²) in [7, 11) is 0. The number of amides is 2. The number of hydrogen-bond acceptors (Lipinski definition) is 4. The number of rotatable bonds is 6. The number of benzene rings is 3. The first-order valence-electron chi connectivity index (χ1n) is 12.2. The molecule has 184 valence electrons. The third-order valence-corrected chi connectivity index (χ3v) is 7.34. The van der Waals surface area contributed by atoms with Gasteiger partial charge < -0.3 is 9.64 Å². The molecule has 6 nitrogen and oxygen atoms in total. The molecule has 1 aliphatic heterocycles. The lowest BCUT2D eigenvalue weighted by Gasteiger charge is -2.52. The average Bonchev–Trinajstić information content (AvgIpc) is 2.91. The molecular formula is C29H28ClN3O3. The third kappa shape index (κ3) is 5.06. The minimum absolute atomic E-state index is 0.0784. The van der Waals surface area contributed by atoms with Crippen molar-refractivity contribution in [2.75, 3.05) is 26.3 Å². The highest BCUT2D eigenvalue weighted by atomic mass is 35.5. The van der Waals surface area contributed by atoms with E-state index < -0.39 is 5.92 Å². The van der Waals surface area contributed by atoms with Crippen LogP contribution in [0.3, 0.4) is 0 Å². The van der Waals surface area contributed by atoms with Gasteiger partial charge in [-0.1, -0.05) is 84.4 Å². The molecule has 0 bridgehead atoms. The lowest BCUT2D eigenvalue weighted by Crippen LogP contribution is -2.57. The molecule has 0 aromatic heterocycles. The molecule has 0 radical (unpaired) electrons. The molecule has 5 rings (SSSR count). The molecule has 1 N–H and O–H groups in total. The van der Waals surface area contributed by atoms with Gasteiger partial charge in [-0.2, -0.15) is 5.10 Å². The first-order valence-corrected chi connectivity index (χ1v) is 12.6. The topological polar surface area (TPSA) is 71.0 Å². The van der Waals surface area contributed by atoms with Crippen molar-refractivity contribution >= 4 is 29.6 Å². The first-order chi connectivity index (χ1) is 17.6. The smallest absolute Gasteiger partial charge is 0.244 e. The van der Waals surface area contributed by atoms with Gasteiger partial charge in [0.15, 0.2) is 0 Å². The van der Waals surface area contributed by atoms with E-state index in [9.17, 15) is 9.59 Å². The molecule has 3 aromatic carbocycles. The van der Waals surface area contributed by atoms with E-state index in [-0.39, 0.29) is 29.6 Å². The van der Waals surface area contributed by atoms with Gasteiger partial charge in [-0.3, -0.25) is 9.59 Å². The molecule has 2 unspecified atom stereocenters. The standard InChI is InChI=1S/C29H28ClN3O3/c30-23-13-11-20(12-14-23)19-31-32-28(34)26-24(21-7-3-1-4-8-21)27(25(26)22-9-5-2-6-10-22)29(35)33-15-17-36-18-16-33/h1-14,19,24-27H,15-18H2,(H,32,34)/b31-19+. The minimum atomic E-state index is -0.438. The number of morpholine rings is 1. The highest BCUT2D eigenvalue weighted by Crippen LogP contribution is 2.58. The summed E-state index contributed by atoms with van der Waals surface area (Å²) < 4.78 is 5.47. The molecule has 1 aliphatic carbocycles. The number of hydrazone groups is 1. The summed E-state index contributed by atoms with van der Waals surface area (Å²) in [5, 5.41) is 4.85. The van der Waals surface area contributed by atoms with Crippen molar-refractivity contribution in [3.8, 4) is 0 Å². The zero-order chi connectivity index (χ0) is 24.9. The second-order valence-corrected chi connectivity index (χ2v) is 9.58. The number of halogens is 1. The van der Waals surface area contributed by atoms with Crippen molar-refractivity contribution < 1.29 is 14.3 Å². The number of ether oxygens (including phenoxy) is 1. The van der Waals surface area contributed by atoms with Gasteiger partial charge in [0, 0.05) is 29.9 Å². The zero-order valence-electron chi connectivity index (χ0n) is 19.8. The van der Waals surface area contributed by atoms with Crippen molar-refractivity contribution in [2.24, 2.45) is 16.9 Å². The fourth-order valence-electron chi connectivity index (χ4n) is 5.35. The van der Waals surface area contributed by atoms with Crippen LogP contribution in [0.1, 0.15) is 28.5 Å². The third-order valence-electron chi connectivity index (χ3n) is 7.09. The van der Waals surface area contributed by atoms with E-state index in [2.05, 4.69) is 10.5 Å². The Kier molecular flexibility index (Phi) is 7.44. The maximum absolute atomic E-state index is 13.8. The highest BCUT2D eigenvalue weighted by molar-refractivity contribution is 6.30. The van der Waals surface area contributed by atoms with Crippen LogP contribution in [-0.2, 0) is 14.3 Å². The predicted molar refractivity (Wildman–Crippen MR) is 140 cm³/mol. The van der Waals surface area contributed by atoms with Gasteiger partial charge in [-0.25, -0.2) is 5.43 Å². The van der Waals surface area contributed by atoms with Crippen molar-refractivity contribution in [1.82, 2.24) is 10.3 Å². The maximum atomic E-state index is 13.8. The quantitative estimate of drug-likeness (QED) is 0.400. The van der Waals surface area contributed by atoms with Crippen LogP contribution in [0.15, 0.2) is 90.0 Å². The molecular weight excluding hydrogens is 474 g/mol. The largest absolute Gasteiger partial charge is 0.378 e. The highest BCUT2D eigenvalue weighted by Gasteiger charge is 2.58. The molecule has 1 saturated heterocycles. The maximum Gasteiger partial charge on any atom is 0.244 e. The minimum Gasteiger partial charge on any atom is -0.378 e. The van der Waals surface area contributed by atoms with E-state index in [1.807, 2.05) is 77.7 Å². The van der Waals surface area contributed by atoms with Gasteiger partial charge in [0.1, 0.15) is 0 Å². The number of hydrogen-bond donors (Lipinski definition) is 1. The Hall–Kier alpha value is -3.48. The molecule has 36 heavy (non-hydrogen) atoms. The van der Waals surface area contributed by atoms with Crippen LogP contribution < -0.4 is 5.43 Å². The molecule has 2 amide bonds. The van der Waals surface area contributed by atoms with E-state index >= 15 is 0 Å². The molecule has 2 atom stereocenters. The fraction of sp³-hybridized carbons (Fsp3) is 0.276. The molecule has 1 saturated carbocycles. The van der Waals surface area contributed by atoms with Crippen LogP contribution in [0.2, 0.25) is 5.02 Å². The summed E-state index contributed by atoms with van der Waals surface area (Å²) in [5.74, 6) is -1.41.